The maximum Gasteiger partial charge on any atom is 0.269 e. The fourth-order valence-corrected chi connectivity index (χ4v) is 4.43. The summed E-state index contributed by atoms with van der Waals surface area (Å²) in [4.78, 5) is 26.0. The maximum atomic E-state index is 13.7. The molecule has 0 N–H and O–H groups in total. The Kier molecular flexibility index (Phi) is 7.66. The van der Waals surface area contributed by atoms with Crippen molar-refractivity contribution in [2.24, 2.45) is 0 Å². The van der Waals surface area contributed by atoms with E-state index >= 15 is 0 Å². The number of methoxy groups -OCH3 is 4. The summed E-state index contributed by atoms with van der Waals surface area (Å²) in [5, 5.41) is 11.0. The van der Waals surface area contributed by atoms with Crippen molar-refractivity contribution in [3.63, 3.8) is 0 Å². The largest absolute Gasteiger partial charge is 0.493 e. The minimum atomic E-state index is -0.468. The molecule has 0 bridgehead atoms. The van der Waals surface area contributed by atoms with E-state index in [2.05, 4.69) is 0 Å². The quantitative estimate of drug-likeness (QED) is 0.308. The normalized spacial score (nSPS) is 14.4. The third-order valence-corrected chi connectivity index (χ3v) is 6.35. The van der Waals surface area contributed by atoms with Crippen LogP contribution in [-0.4, -0.2) is 57.3 Å². The van der Waals surface area contributed by atoms with Crippen molar-refractivity contribution in [1.82, 2.24) is 4.90 Å². The van der Waals surface area contributed by atoms with Crippen molar-refractivity contribution >= 4 is 11.6 Å². The first-order valence-corrected chi connectivity index (χ1v) is 11.5. The number of ether oxygens (including phenoxy) is 5. The lowest BCUT2D eigenvalue weighted by Gasteiger charge is -2.37. The van der Waals surface area contributed by atoms with Crippen LogP contribution in [0.15, 0.2) is 54.6 Å². The number of carbonyl (C=O) groups excluding carboxylic acids is 1. The summed E-state index contributed by atoms with van der Waals surface area (Å²) in [6, 6.07) is 14.2. The predicted octanol–water partition coefficient (Wildman–Crippen LogP) is 4.45. The van der Waals surface area contributed by atoms with E-state index < -0.39 is 11.0 Å². The molecule has 3 aromatic rings. The van der Waals surface area contributed by atoms with Crippen molar-refractivity contribution in [3.05, 3.63) is 81.4 Å². The van der Waals surface area contributed by atoms with Gasteiger partial charge in [-0.15, -0.1) is 0 Å². The van der Waals surface area contributed by atoms with Crippen LogP contribution in [0.2, 0.25) is 0 Å². The van der Waals surface area contributed by atoms with Crippen LogP contribution in [0, 0.1) is 10.1 Å². The van der Waals surface area contributed by atoms with Gasteiger partial charge in [0, 0.05) is 24.2 Å². The summed E-state index contributed by atoms with van der Waals surface area (Å²) in [7, 11) is 6.19. The summed E-state index contributed by atoms with van der Waals surface area (Å²) in [5.41, 5.74) is 2.31. The van der Waals surface area contributed by atoms with E-state index in [4.69, 9.17) is 23.7 Å². The molecule has 0 aromatic heterocycles. The molecule has 1 atom stereocenters. The molecule has 0 saturated heterocycles. The highest BCUT2D eigenvalue weighted by atomic mass is 16.6. The molecule has 0 unspecified atom stereocenters. The third kappa shape index (κ3) is 5.23. The van der Waals surface area contributed by atoms with Gasteiger partial charge in [0.1, 0.15) is 12.4 Å². The van der Waals surface area contributed by atoms with Crippen molar-refractivity contribution in [1.29, 1.82) is 0 Å². The van der Waals surface area contributed by atoms with Crippen LogP contribution >= 0.6 is 0 Å². The van der Waals surface area contributed by atoms with Crippen molar-refractivity contribution < 1.29 is 33.4 Å². The molecule has 1 amide bonds. The summed E-state index contributed by atoms with van der Waals surface area (Å²) in [6.45, 7) is 0.573. The Balaban J connectivity index is 1.69. The minimum Gasteiger partial charge on any atom is -0.493 e. The molecule has 4 rings (SSSR count). The van der Waals surface area contributed by atoms with Crippen LogP contribution < -0.4 is 23.7 Å². The van der Waals surface area contributed by atoms with Crippen molar-refractivity contribution in [2.75, 3.05) is 41.6 Å². The lowest BCUT2D eigenvalue weighted by atomic mass is 9.91. The van der Waals surface area contributed by atoms with E-state index in [1.165, 1.54) is 38.5 Å². The lowest BCUT2D eigenvalue weighted by Crippen LogP contribution is -2.42. The molecule has 1 heterocycles. The van der Waals surface area contributed by atoms with Gasteiger partial charge in [0.05, 0.1) is 39.4 Å². The molecule has 10 heteroatoms. The topological polar surface area (TPSA) is 110 Å². The minimum absolute atomic E-state index is 0.0301. The van der Waals surface area contributed by atoms with E-state index in [0.29, 0.717) is 47.3 Å². The second kappa shape index (κ2) is 11.1. The fourth-order valence-electron chi connectivity index (χ4n) is 4.43. The molecule has 3 aromatic carbocycles. The van der Waals surface area contributed by atoms with E-state index in [1.54, 1.807) is 37.3 Å². The molecular weight excluding hydrogens is 480 g/mol. The summed E-state index contributed by atoms with van der Waals surface area (Å²) >= 11 is 0. The Morgan fingerprint density at radius 2 is 1.51 bits per heavy atom. The standard InChI is InChI=1S/C27H28N2O8/c1-33-23-10-5-18(14-24(23)34-2)27(30)28-12-11-17-13-25(35-3)26(36-4)15-21(17)22(28)16-37-20-8-6-19(7-9-20)29(31)32/h5-10,13-15,22H,11-12,16H2,1-4H3/t22-/m0/s1. The van der Waals surface area contributed by atoms with E-state index in [1.807, 2.05) is 12.1 Å². The Morgan fingerprint density at radius 1 is 0.892 bits per heavy atom. The molecule has 37 heavy (non-hydrogen) atoms. The Hall–Kier alpha value is -4.47. The number of benzene rings is 3. The lowest BCUT2D eigenvalue weighted by molar-refractivity contribution is -0.384. The smallest absolute Gasteiger partial charge is 0.269 e. The van der Waals surface area contributed by atoms with Gasteiger partial charge in [-0.25, -0.2) is 0 Å². The third-order valence-electron chi connectivity index (χ3n) is 6.35. The maximum absolute atomic E-state index is 13.7. The molecular formula is C27H28N2O8. The fraction of sp³-hybridized carbons (Fsp3) is 0.296. The number of amides is 1. The molecule has 0 spiro atoms. The van der Waals surface area contributed by atoms with Gasteiger partial charge in [-0.1, -0.05) is 0 Å². The summed E-state index contributed by atoms with van der Waals surface area (Å²) in [5.74, 6) is 2.39. The molecule has 1 aliphatic rings. The first kappa shape index (κ1) is 25.6. The van der Waals surface area contributed by atoms with Gasteiger partial charge in [-0.3, -0.25) is 14.9 Å². The number of hydrogen-bond acceptors (Lipinski definition) is 8. The SMILES string of the molecule is COc1ccc(C(=O)N2CCc3cc(OC)c(OC)cc3[C@@H]2COc2ccc([N+](=O)[O-])cc2)cc1OC. The zero-order chi connectivity index (χ0) is 26.5. The highest BCUT2D eigenvalue weighted by molar-refractivity contribution is 5.95. The van der Waals surface area contributed by atoms with Gasteiger partial charge in [0.15, 0.2) is 23.0 Å². The Labute approximate surface area is 214 Å². The number of fused-ring (bicyclic) bond motifs is 1. The van der Waals surface area contributed by atoms with Gasteiger partial charge in [0.2, 0.25) is 0 Å². The summed E-state index contributed by atoms with van der Waals surface area (Å²) in [6.07, 6.45) is 0.614. The van der Waals surface area contributed by atoms with Crippen molar-refractivity contribution in [2.45, 2.75) is 12.5 Å². The van der Waals surface area contributed by atoms with Crippen LogP contribution in [0.5, 0.6) is 28.7 Å². The number of carbonyl (C=O) groups is 1. The predicted molar refractivity (Wildman–Crippen MR) is 135 cm³/mol. The molecule has 1 aliphatic heterocycles. The van der Waals surface area contributed by atoms with Gasteiger partial charge in [-0.2, -0.15) is 0 Å². The van der Waals surface area contributed by atoms with Crippen LogP contribution in [0.1, 0.15) is 27.5 Å². The first-order chi connectivity index (χ1) is 17.9. The Bertz CT molecular complexity index is 1290. The number of hydrogen-bond donors (Lipinski definition) is 0. The number of non-ortho nitro benzene ring substituents is 1. The molecule has 10 nitrogen and oxygen atoms in total. The van der Waals surface area contributed by atoms with Crippen molar-refractivity contribution in [3.8, 4) is 28.7 Å². The van der Waals surface area contributed by atoms with Gasteiger partial charge < -0.3 is 28.6 Å². The first-order valence-electron chi connectivity index (χ1n) is 11.5. The molecule has 194 valence electrons. The van der Waals surface area contributed by atoms with E-state index in [-0.39, 0.29) is 18.2 Å². The second-order valence-electron chi connectivity index (χ2n) is 8.30. The number of nitro groups is 1. The molecule has 0 aliphatic carbocycles. The highest BCUT2D eigenvalue weighted by Gasteiger charge is 2.33. The van der Waals surface area contributed by atoms with Crippen LogP contribution in [0.4, 0.5) is 5.69 Å². The zero-order valence-corrected chi connectivity index (χ0v) is 21.1. The van der Waals surface area contributed by atoms with Gasteiger partial charge >= 0.3 is 0 Å². The highest BCUT2D eigenvalue weighted by Crippen LogP contribution is 2.39. The second-order valence-corrected chi connectivity index (χ2v) is 8.30. The zero-order valence-electron chi connectivity index (χ0n) is 21.1. The van der Waals surface area contributed by atoms with Gasteiger partial charge in [-0.05, 0) is 60.0 Å². The van der Waals surface area contributed by atoms with E-state index in [0.717, 1.165) is 11.1 Å². The number of nitro benzene ring substituents is 1. The average molecular weight is 509 g/mol. The van der Waals surface area contributed by atoms with Gasteiger partial charge in [0.25, 0.3) is 11.6 Å². The van der Waals surface area contributed by atoms with Crippen LogP contribution in [0.3, 0.4) is 0 Å². The van der Waals surface area contributed by atoms with Crippen LogP contribution in [-0.2, 0) is 6.42 Å². The summed E-state index contributed by atoms with van der Waals surface area (Å²) < 4.78 is 27.7. The van der Waals surface area contributed by atoms with Crippen LogP contribution in [0.25, 0.3) is 0 Å². The van der Waals surface area contributed by atoms with E-state index in [9.17, 15) is 14.9 Å². The monoisotopic (exact) mass is 508 g/mol. The number of rotatable bonds is 9. The molecule has 0 fully saturated rings. The Morgan fingerprint density at radius 3 is 2.14 bits per heavy atom. The average Bonchev–Trinajstić information content (AvgIpc) is 2.94. The molecule has 0 radical (unpaired) electrons. The number of nitrogens with zero attached hydrogens (tertiary/aromatic N) is 2. The molecule has 0 saturated carbocycles.